The maximum atomic E-state index is 12.9. The average molecular weight is 400 g/mol. The third-order valence-electron chi connectivity index (χ3n) is 6.90. The van der Waals surface area contributed by atoms with Crippen molar-refractivity contribution in [3.05, 3.63) is 23.9 Å². The first-order chi connectivity index (χ1) is 13.6. The molecule has 0 spiro atoms. The Morgan fingerprint density at radius 1 is 1.18 bits per heavy atom. The Balaban J connectivity index is 1.32. The standard InChI is InChI=1S/C21H29N5OS/c1-24(2)16-7-10-26(12-16)15-3-4-17-19(11-15)28-23-20(17)21(27)22-18-13-25-8-5-14(18)6-9-25/h3-4,11,14,16,18H,5-10,12-13H2,1-2H3,(H,22,27)/t16-,18?/m0/s1. The molecule has 6 nitrogen and oxygen atoms in total. The number of benzene rings is 1. The van der Waals surface area contributed by atoms with Gasteiger partial charge in [0.1, 0.15) is 5.69 Å². The van der Waals surface area contributed by atoms with Crippen molar-refractivity contribution in [2.45, 2.75) is 31.3 Å². The summed E-state index contributed by atoms with van der Waals surface area (Å²) in [5.41, 5.74) is 1.83. The Labute approximate surface area is 170 Å². The minimum atomic E-state index is -0.00778. The molecule has 4 aliphatic rings. The summed E-state index contributed by atoms with van der Waals surface area (Å²) >= 11 is 1.44. The molecule has 0 aliphatic carbocycles. The number of nitrogens with zero attached hydrogens (tertiary/aromatic N) is 4. The van der Waals surface area contributed by atoms with Crippen LogP contribution in [-0.4, -0.2) is 79.0 Å². The molecular weight excluding hydrogens is 370 g/mol. The smallest absolute Gasteiger partial charge is 0.271 e. The van der Waals surface area contributed by atoms with Crippen LogP contribution >= 0.6 is 11.5 Å². The van der Waals surface area contributed by atoms with E-state index in [1.165, 1.54) is 49.6 Å². The molecule has 7 heteroatoms. The van der Waals surface area contributed by atoms with Crippen LogP contribution in [0.1, 0.15) is 29.8 Å². The van der Waals surface area contributed by atoms with E-state index in [1.54, 1.807) is 0 Å². The summed E-state index contributed by atoms with van der Waals surface area (Å²) in [6, 6.07) is 7.33. The second-order valence-electron chi connectivity index (χ2n) is 8.78. The summed E-state index contributed by atoms with van der Waals surface area (Å²) < 4.78 is 5.62. The second-order valence-corrected chi connectivity index (χ2v) is 9.59. The molecule has 5 heterocycles. The van der Waals surface area contributed by atoms with Gasteiger partial charge in [0.25, 0.3) is 5.91 Å². The van der Waals surface area contributed by atoms with E-state index < -0.39 is 0 Å². The van der Waals surface area contributed by atoms with E-state index in [0.717, 1.165) is 29.7 Å². The number of carbonyl (C=O) groups excluding carboxylic acids is 1. The summed E-state index contributed by atoms with van der Waals surface area (Å²) in [5.74, 6) is 0.622. The molecule has 0 radical (unpaired) electrons. The maximum absolute atomic E-state index is 12.9. The highest BCUT2D eigenvalue weighted by Crippen LogP contribution is 2.31. The number of likely N-dealkylation sites (N-methyl/N-ethyl adjacent to an activating group) is 1. The molecule has 4 saturated heterocycles. The monoisotopic (exact) mass is 399 g/mol. The van der Waals surface area contributed by atoms with E-state index in [1.807, 2.05) is 0 Å². The summed E-state index contributed by atoms with van der Waals surface area (Å²) in [7, 11) is 4.31. The van der Waals surface area contributed by atoms with E-state index >= 15 is 0 Å². The van der Waals surface area contributed by atoms with Crippen LogP contribution in [0.2, 0.25) is 0 Å². The Kier molecular flexibility index (Phi) is 4.77. The minimum absolute atomic E-state index is 0.00778. The zero-order chi connectivity index (χ0) is 19.3. The number of rotatable bonds is 4. The zero-order valence-corrected chi connectivity index (χ0v) is 17.5. The molecule has 1 aromatic heterocycles. The fraction of sp³-hybridized carbons (Fsp3) is 0.619. The van der Waals surface area contributed by atoms with Gasteiger partial charge in [-0.3, -0.25) is 4.79 Å². The van der Waals surface area contributed by atoms with Crippen LogP contribution in [0.15, 0.2) is 18.2 Å². The molecule has 2 aromatic rings. The van der Waals surface area contributed by atoms with Crippen molar-refractivity contribution >= 4 is 33.2 Å². The van der Waals surface area contributed by atoms with Crippen LogP contribution in [0.5, 0.6) is 0 Å². The van der Waals surface area contributed by atoms with Gasteiger partial charge in [0.05, 0.1) is 4.70 Å². The number of aromatic nitrogens is 1. The number of piperidine rings is 3. The number of carbonyl (C=O) groups is 1. The van der Waals surface area contributed by atoms with Crippen molar-refractivity contribution in [2.75, 3.05) is 51.7 Å². The van der Waals surface area contributed by atoms with Gasteiger partial charge in [-0.1, -0.05) is 0 Å². The molecule has 150 valence electrons. The van der Waals surface area contributed by atoms with Crippen LogP contribution in [0.3, 0.4) is 0 Å². The van der Waals surface area contributed by atoms with Crippen molar-refractivity contribution in [2.24, 2.45) is 5.92 Å². The predicted octanol–water partition coefficient (Wildman–Crippen LogP) is 2.26. The summed E-state index contributed by atoms with van der Waals surface area (Å²) in [5, 5.41) is 4.26. The molecule has 2 bridgehead atoms. The molecule has 6 rings (SSSR count). The van der Waals surface area contributed by atoms with Crippen molar-refractivity contribution < 1.29 is 4.79 Å². The van der Waals surface area contributed by atoms with Crippen LogP contribution in [-0.2, 0) is 0 Å². The molecule has 4 aliphatic heterocycles. The summed E-state index contributed by atoms with van der Waals surface area (Å²) in [4.78, 5) is 20.1. The van der Waals surface area contributed by atoms with Crippen molar-refractivity contribution in [3.63, 3.8) is 0 Å². The number of hydrogen-bond acceptors (Lipinski definition) is 6. The lowest BCUT2D eigenvalue weighted by atomic mass is 9.84. The number of hydrogen-bond donors (Lipinski definition) is 1. The lowest BCUT2D eigenvalue weighted by molar-refractivity contribution is 0.0619. The Hall–Kier alpha value is -1.70. The Morgan fingerprint density at radius 2 is 2.00 bits per heavy atom. The lowest BCUT2D eigenvalue weighted by Gasteiger charge is -2.44. The molecule has 1 aromatic carbocycles. The fourth-order valence-corrected chi connectivity index (χ4v) is 5.86. The van der Waals surface area contributed by atoms with Gasteiger partial charge in [0.2, 0.25) is 0 Å². The molecule has 0 saturated carbocycles. The number of anilines is 1. The van der Waals surface area contributed by atoms with Crippen molar-refractivity contribution in [1.29, 1.82) is 0 Å². The van der Waals surface area contributed by atoms with Crippen LogP contribution in [0.25, 0.3) is 10.1 Å². The van der Waals surface area contributed by atoms with Gasteiger partial charge in [0.15, 0.2) is 0 Å². The quantitative estimate of drug-likeness (QED) is 0.855. The zero-order valence-electron chi connectivity index (χ0n) is 16.7. The van der Waals surface area contributed by atoms with Crippen LogP contribution in [0, 0.1) is 5.92 Å². The van der Waals surface area contributed by atoms with Gasteiger partial charge in [0, 0.05) is 42.8 Å². The van der Waals surface area contributed by atoms with Gasteiger partial charge in [-0.25, -0.2) is 0 Å². The summed E-state index contributed by atoms with van der Waals surface area (Å²) in [6.45, 7) is 5.50. The molecule has 1 amide bonds. The van der Waals surface area contributed by atoms with Crippen LogP contribution in [0.4, 0.5) is 5.69 Å². The van der Waals surface area contributed by atoms with E-state index in [0.29, 0.717) is 17.7 Å². The number of amides is 1. The molecular formula is C21H29N5OS. The summed E-state index contributed by atoms with van der Waals surface area (Å²) in [6.07, 6.45) is 3.60. The third-order valence-corrected chi connectivity index (χ3v) is 7.71. The topological polar surface area (TPSA) is 51.7 Å². The minimum Gasteiger partial charge on any atom is -0.370 e. The van der Waals surface area contributed by atoms with Gasteiger partial charge >= 0.3 is 0 Å². The Bertz CT molecular complexity index is 873. The normalized spacial score (nSPS) is 29.8. The van der Waals surface area contributed by atoms with E-state index in [9.17, 15) is 4.79 Å². The number of nitrogens with one attached hydrogen (secondary N) is 1. The largest absolute Gasteiger partial charge is 0.370 e. The van der Waals surface area contributed by atoms with E-state index in [-0.39, 0.29) is 11.9 Å². The predicted molar refractivity (Wildman–Crippen MR) is 114 cm³/mol. The first kappa shape index (κ1) is 18.3. The van der Waals surface area contributed by atoms with Crippen molar-refractivity contribution in [1.82, 2.24) is 19.5 Å². The van der Waals surface area contributed by atoms with Gasteiger partial charge in [-0.15, -0.1) is 0 Å². The molecule has 2 atom stereocenters. The molecule has 1 unspecified atom stereocenters. The molecule has 28 heavy (non-hydrogen) atoms. The highest BCUT2D eigenvalue weighted by atomic mass is 32.1. The SMILES string of the molecule is CN(C)[C@H]1CCN(c2ccc3c(C(=O)NC4CN5CCC4CC5)nsc3c2)C1. The lowest BCUT2D eigenvalue weighted by Crippen LogP contribution is -2.57. The maximum Gasteiger partial charge on any atom is 0.271 e. The van der Waals surface area contributed by atoms with Gasteiger partial charge in [-0.2, -0.15) is 4.37 Å². The molecule has 4 fully saturated rings. The first-order valence-corrected chi connectivity index (χ1v) is 11.2. The van der Waals surface area contributed by atoms with Crippen LogP contribution < -0.4 is 10.2 Å². The van der Waals surface area contributed by atoms with Gasteiger partial charge in [-0.05, 0) is 82.1 Å². The van der Waals surface area contributed by atoms with E-state index in [4.69, 9.17) is 0 Å². The van der Waals surface area contributed by atoms with E-state index in [2.05, 4.69) is 56.7 Å². The molecule has 1 N–H and O–H groups in total. The highest BCUT2D eigenvalue weighted by Gasteiger charge is 2.35. The van der Waals surface area contributed by atoms with Gasteiger partial charge < -0.3 is 20.0 Å². The highest BCUT2D eigenvalue weighted by molar-refractivity contribution is 7.13. The third kappa shape index (κ3) is 3.29. The average Bonchev–Trinajstić information content (AvgIpc) is 3.36. The number of fused-ring (bicyclic) bond motifs is 4. The van der Waals surface area contributed by atoms with Crippen molar-refractivity contribution in [3.8, 4) is 0 Å². The first-order valence-electron chi connectivity index (χ1n) is 10.4. The Morgan fingerprint density at radius 3 is 2.68 bits per heavy atom. The second kappa shape index (κ2) is 7.28. The fourth-order valence-electron chi connectivity index (χ4n) is 5.05.